The van der Waals surface area contributed by atoms with E-state index in [9.17, 15) is 9.50 Å². The average molecular weight is 589 g/mol. The van der Waals surface area contributed by atoms with Crippen LogP contribution < -0.4 is 4.74 Å². The Morgan fingerprint density at radius 2 is 1.98 bits per heavy atom. The van der Waals surface area contributed by atoms with Gasteiger partial charge in [-0.15, -0.1) is 24.5 Å². The van der Waals surface area contributed by atoms with Gasteiger partial charge in [-0.05, 0) is 75.4 Å². The predicted octanol–water partition coefficient (Wildman–Crippen LogP) is 6.05. The standard InChI is InChI=1S/C27H35FN2O2S.C2H2O4.C2H4/c1-4-26-20(7-6-11-28)15-27(33-26)21-10-12-30(19(3)14-21)16-22(31)17-32-25-9-5-8-24-23(25)13-18(2)29-24;3-1(4)2(5)6;1-2/h5-9,13,15,19,21-22,29,31H,4,10-12,14,16-17H2,1-3H3;(H,3,4)(H,5,6);1-2H2/b7-6-;;. The molecule has 0 bridgehead atoms. The van der Waals surface area contributed by atoms with Gasteiger partial charge in [-0.1, -0.05) is 25.1 Å². The molecule has 2 aromatic heterocycles. The van der Waals surface area contributed by atoms with Gasteiger partial charge in [-0.3, -0.25) is 4.90 Å². The molecule has 3 unspecified atom stereocenters. The average Bonchev–Trinajstić information content (AvgIpc) is 3.55. The largest absolute Gasteiger partial charge is 0.490 e. The lowest BCUT2D eigenvalue weighted by Crippen LogP contribution is -2.45. The van der Waals surface area contributed by atoms with Gasteiger partial charge in [0, 0.05) is 38.9 Å². The number of fused-ring (bicyclic) bond motifs is 1. The first-order valence-corrected chi connectivity index (χ1v) is 14.4. The number of alkyl halides is 1. The van der Waals surface area contributed by atoms with Gasteiger partial charge in [-0.2, -0.15) is 0 Å². The molecule has 3 aromatic rings. The summed E-state index contributed by atoms with van der Waals surface area (Å²) in [6.07, 6.45) is 6.11. The zero-order chi connectivity index (χ0) is 30.5. The van der Waals surface area contributed by atoms with Crippen molar-refractivity contribution in [2.24, 2.45) is 0 Å². The van der Waals surface area contributed by atoms with Crippen LogP contribution in [0, 0.1) is 6.92 Å². The van der Waals surface area contributed by atoms with Gasteiger partial charge in [0.25, 0.3) is 0 Å². The summed E-state index contributed by atoms with van der Waals surface area (Å²) in [5.74, 6) is -2.31. The van der Waals surface area contributed by atoms with Crippen LogP contribution in [0.15, 0.2) is 49.6 Å². The summed E-state index contributed by atoms with van der Waals surface area (Å²) >= 11 is 1.88. The van der Waals surface area contributed by atoms with Gasteiger partial charge < -0.3 is 25.0 Å². The number of carboxylic acid groups (broad SMARTS) is 2. The lowest BCUT2D eigenvalue weighted by Gasteiger charge is -2.38. The number of carbonyl (C=O) groups is 2. The summed E-state index contributed by atoms with van der Waals surface area (Å²) in [6, 6.07) is 10.7. The van der Waals surface area contributed by atoms with Crippen LogP contribution in [0.2, 0.25) is 0 Å². The number of piperidine rings is 1. The number of halogens is 1. The molecule has 1 aliphatic rings. The summed E-state index contributed by atoms with van der Waals surface area (Å²) < 4.78 is 18.6. The number of nitrogens with one attached hydrogen (secondary N) is 1. The van der Waals surface area contributed by atoms with Crippen molar-refractivity contribution < 1.29 is 34.0 Å². The molecule has 41 heavy (non-hydrogen) atoms. The molecule has 4 rings (SSSR count). The Kier molecular flexibility index (Phi) is 13.8. The number of benzene rings is 1. The van der Waals surface area contributed by atoms with Crippen molar-refractivity contribution in [1.29, 1.82) is 0 Å². The number of H-pyrrole nitrogens is 1. The molecule has 0 amide bonds. The number of aryl methyl sites for hydroxylation is 2. The first-order valence-electron chi connectivity index (χ1n) is 13.6. The van der Waals surface area contributed by atoms with Gasteiger partial charge in [0.2, 0.25) is 0 Å². The minimum absolute atomic E-state index is 0.283. The van der Waals surface area contributed by atoms with Crippen LogP contribution >= 0.6 is 11.3 Å². The van der Waals surface area contributed by atoms with Crippen molar-refractivity contribution in [3.05, 3.63) is 70.6 Å². The van der Waals surface area contributed by atoms with Crippen molar-refractivity contribution in [3.63, 3.8) is 0 Å². The van der Waals surface area contributed by atoms with Crippen LogP contribution in [0.1, 0.15) is 53.6 Å². The normalized spacial score (nSPS) is 17.8. The number of aliphatic hydroxyl groups excluding tert-OH is 1. The van der Waals surface area contributed by atoms with E-state index in [1.54, 1.807) is 6.08 Å². The zero-order valence-electron chi connectivity index (χ0n) is 23.9. The number of aliphatic hydroxyl groups is 1. The zero-order valence-corrected chi connectivity index (χ0v) is 24.8. The van der Waals surface area contributed by atoms with E-state index < -0.39 is 24.7 Å². The maximum absolute atomic E-state index is 12.6. The summed E-state index contributed by atoms with van der Waals surface area (Å²) in [6.45, 7) is 13.9. The number of carboxylic acids is 2. The molecular formula is C31H41FN2O6S. The van der Waals surface area contributed by atoms with E-state index in [2.05, 4.69) is 49.0 Å². The number of nitrogens with zero attached hydrogens (tertiary/aromatic N) is 1. The van der Waals surface area contributed by atoms with Crippen molar-refractivity contribution in [2.75, 3.05) is 26.4 Å². The molecule has 8 nitrogen and oxygen atoms in total. The molecule has 1 saturated heterocycles. The van der Waals surface area contributed by atoms with Gasteiger partial charge in [-0.25, -0.2) is 14.0 Å². The quantitative estimate of drug-likeness (QED) is 0.177. The van der Waals surface area contributed by atoms with E-state index in [1.807, 2.05) is 42.5 Å². The maximum atomic E-state index is 12.6. The van der Waals surface area contributed by atoms with E-state index >= 15 is 0 Å². The molecule has 224 valence electrons. The molecule has 4 N–H and O–H groups in total. The Hall–Kier alpha value is -3.47. The number of aromatic nitrogens is 1. The number of rotatable bonds is 9. The number of hydrogen-bond donors (Lipinski definition) is 4. The van der Waals surface area contributed by atoms with Crippen LogP contribution in [0.5, 0.6) is 5.75 Å². The van der Waals surface area contributed by atoms with E-state index in [4.69, 9.17) is 24.5 Å². The molecular weight excluding hydrogens is 547 g/mol. The Morgan fingerprint density at radius 3 is 2.59 bits per heavy atom. The van der Waals surface area contributed by atoms with Crippen LogP contribution in [-0.2, 0) is 16.0 Å². The highest BCUT2D eigenvalue weighted by Crippen LogP contribution is 2.38. The summed E-state index contributed by atoms with van der Waals surface area (Å²) in [5, 5.41) is 26.5. The lowest BCUT2D eigenvalue weighted by molar-refractivity contribution is -0.159. The van der Waals surface area contributed by atoms with Crippen molar-refractivity contribution >= 4 is 40.3 Å². The van der Waals surface area contributed by atoms with Gasteiger partial charge in [0.05, 0.1) is 0 Å². The number of aromatic amines is 1. The molecule has 0 saturated carbocycles. The Morgan fingerprint density at radius 1 is 1.27 bits per heavy atom. The monoisotopic (exact) mass is 588 g/mol. The molecule has 3 atom stereocenters. The van der Waals surface area contributed by atoms with Gasteiger partial charge in [0.15, 0.2) is 0 Å². The van der Waals surface area contributed by atoms with E-state index in [0.29, 0.717) is 18.5 Å². The summed E-state index contributed by atoms with van der Waals surface area (Å²) in [7, 11) is 0. The Labute approximate surface area is 244 Å². The second-order valence-electron chi connectivity index (χ2n) is 9.75. The molecule has 0 spiro atoms. The smallest absolute Gasteiger partial charge is 0.414 e. The summed E-state index contributed by atoms with van der Waals surface area (Å²) in [4.78, 5) is 26.7. The first-order chi connectivity index (χ1) is 19.6. The number of likely N-dealkylation sites (tertiary alicyclic amines) is 1. The van der Waals surface area contributed by atoms with E-state index in [0.717, 1.165) is 48.2 Å². The highest BCUT2D eigenvalue weighted by Gasteiger charge is 2.29. The molecule has 0 radical (unpaired) electrons. The number of ether oxygens (including phenoxy) is 1. The fourth-order valence-corrected chi connectivity index (χ4v) is 6.15. The third kappa shape index (κ3) is 9.84. The molecule has 10 heteroatoms. The van der Waals surface area contributed by atoms with Crippen LogP contribution in [0.25, 0.3) is 17.0 Å². The topological polar surface area (TPSA) is 123 Å². The molecule has 0 aliphatic carbocycles. The fraction of sp³-hybridized carbons (Fsp3) is 0.419. The first kappa shape index (κ1) is 33.7. The third-order valence-corrected chi connectivity index (χ3v) is 8.26. The molecule has 1 fully saturated rings. The molecule has 1 aromatic carbocycles. The second kappa shape index (κ2) is 16.7. The van der Waals surface area contributed by atoms with Crippen LogP contribution in [0.3, 0.4) is 0 Å². The highest BCUT2D eigenvalue weighted by molar-refractivity contribution is 7.12. The minimum Gasteiger partial charge on any atom is -0.490 e. The van der Waals surface area contributed by atoms with Gasteiger partial charge >= 0.3 is 11.9 Å². The maximum Gasteiger partial charge on any atom is 0.414 e. The fourth-order valence-electron chi connectivity index (χ4n) is 4.91. The highest BCUT2D eigenvalue weighted by atomic mass is 32.1. The molecule has 1 aliphatic heterocycles. The van der Waals surface area contributed by atoms with Crippen LogP contribution in [0.4, 0.5) is 4.39 Å². The number of thiophene rings is 1. The van der Waals surface area contributed by atoms with E-state index in [1.165, 1.54) is 15.3 Å². The number of aliphatic carboxylic acids is 2. The Balaban J connectivity index is 0.000000654. The van der Waals surface area contributed by atoms with Crippen molar-refractivity contribution in [1.82, 2.24) is 9.88 Å². The lowest BCUT2D eigenvalue weighted by atomic mass is 9.90. The molecule has 3 heterocycles. The number of β-amino-alcohol motifs (C(OH)–C–C–N with tert-alkyl or cyclic N) is 1. The third-order valence-electron chi connectivity index (χ3n) is 6.80. The minimum atomic E-state index is -1.82. The predicted molar refractivity (Wildman–Crippen MR) is 163 cm³/mol. The number of allylic oxidation sites excluding steroid dienone is 1. The van der Waals surface area contributed by atoms with Crippen molar-refractivity contribution in [2.45, 2.75) is 58.1 Å². The van der Waals surface area contributed by atoms with E-state index in [-0.39, 0.29) is 6.61 Å². The SMILES string of the molecule is C=C.CCc1sc(C2CCN(CC(O)COc3cccc4[nH]c(C)cc34)C(C)C2)cc1/C=C\CF.O=C(O)C(=O)O. The van der Waals surface area contributed by atoms with Crippen LogP contribution in [-0.4, -0.2) is 75.7 Å². The number of hydrogen-bond acceptors (Lipinski definition) is 6. The van der Waals surface area contributed by atoms with Crippen molar-refractivity contribution in [3.8, 4) is 5.75 Å². The van der Waals surface area contributed by atoms with Gasteiger partial charge in [0.1, 0.15) is 25.1 Å². The summed E-state index contributed by atoms with van der Waals surface area (Å²) in [5.41, 5.74) is 3.32. The Bertz CT molecular complexity index is 1290. The second-order valence-corrected chi connectivity index (χ2v) is 10.9.